The highest BCUT2D eigenvalue weighted by Crippen LogP contribution is 2.34. The second-order valence-corrected chi connectivity index (χ2v) is 5.95. The summed E-state index contributed by atoms with van der Waals surface area (Å²) in [6, 6.07) is 6.81. The van der Waals surface area contributed by atoms with E-state index in [-0.39, 0.29) is 24.1 Å². The number of carbonyl (C=O) groups is 2. The van der Waals surface area contributed by atoms with E-state index in [0.29, 0.717) is 16.5 Å². The first kappa shape index (κ1) is 15.2. The molecule has 23 heavy (non-hydrogen) atoms. The van der Waals surface area contributed by atoms with Gasteiger partial charge in [0.15, 0.2) is 5.82 Å². The van der Waals surface area contributed by atoms with Crippen molar-refractivity contribution in [2.75, 3.05) is 0 Å². The molecule has 0 saturated carbocycles. The molecule has 3 rings (SSSR count). The second kappa shape index (κ2) is 5.85. The van der Waals surface area contributed by atoms with Crippen molar-refractivity contribution in [3.05, 3.63) is 46.7 Å². The van der Waals surface area contributed by atoms with Crippen LogP contribution in [0.15, 0.2) is 29.6 Å². The van der Waals surface area contributed by atoms with Crippen molar-refractivity contribution in [1.82, 2.24) is 4.98 Å². The molecule has 0 aliphatic rings. The van der Waals surface area contributed by atoms with Crippen LogP contribution in [0.25, 0.3) is 21.3 Å². The maximum absolute atomic E-state index is 14.8. The molecule has 2 aromatic heterocycles. The van der Waals surface area contributed by atoms with Crippen molar-refractivity contribution in [2.45, 2.75) is 12.8 Å². The van der Waals surface area contributed by atoms with Gasteiger partial charge in [0.25, 0.3) is 0 Å². The van der Waals surface area contributed by atoms with Gasteiger partial charge in [-0.15, -0.1) is 11.3 Å². The number of rotatable bonds is 5. The fourth-order valence-electron chi connectivity index (χ4n) is 2.58. The third-order valence-electron chi connectivity index (χ3n) is 3.61. The second-order valence-electron chi connectivity index (χ2n) is 5.00. The highest BCUT2D eigenvalue weighted by Gasteiger charge is 2.21. The third kappa shape index (κ3) is 2.70. The number of fused-ring (bicyclic) bond motifs is 1. The molecule has 5 nitrogen and oxygen atoms in total. The van der Waals surface area contributed by atoms with Crippen LogP contribution in [0.3, 0.4) is 0 Å². The summed E-state index contributed by atoms with van der Waals surface area (Å²) in [5.74, 6) is -2.81. The van der Waals surface area contributed by atoms with Crippen molar-refractivity contribution in [3.63, 3.8) is 0 Å². The fourth-order valence-corrected chi connectivity index (χ4v) is 3.33. The largest absolute Gasteiger partial charge is 0.481 e. The zero-order valence-electron chi connectivity index (χ0n) is 11.8. The highest BCUT2D eigenvalue weighted by molar-refractivity contribution is 7.13. The number of benzene rings is 1. The number of halogens is 1. The van der Waals surface area contributed by atoms with Crippen LogP contribution < -0.4 is 0 Å². The van der Waals surface area contributed by atoms with Crippen molar-refractivity contribution < 1.29 is 24.2 Å². The fraction of sp³-hybridized carbons (Fsp3) is 0.125. The van der Waals surface area contributed by atoms with Crippen molar-refractivity contribution in [1.29, 1.82) is 0 Å². The third-order valence-corrected chi connectivity index (χ3v) is 4.51. The highest BCUT2D eigenvalue weighted by atomic mass is 32.1. The van der Waals surface area contributed by atoms with Crippen LogP contribution in [0.2, 0.25) is 0 Å². The van der Waals surface area contributed by atoms with E-state index in [1.54, 1.807) is 24.3 Å². The average molecular weight is 333 g/mol. The topological polar surface area (TPSA) is 90.4 Å². The van der Waals surface area contributed by atoms with E-state index in [1.807, 2.05) is 5.38 Å². The minimum absolute atomic E-state index is 0.0226. The number of hydrogen-bond donors (Lipinski definition) is 3. The van der Waals surface area contributed by atoms with E-state index in [1.165, 1.54) is 11.3 Å². The smallest absolute Gasteiger partial charge is 0.352 e. The number of hydrogen-bond acceptors (Lipinski definition) is 3. The monoisotopic (exact) mass is 333 g/mol. The van der Waals surface area contributed by atoms with Gasteiger partial charge in [-0.25, -0.2) is 9.18 Å². The molecule has 7 heteroatoms. The zero-order valence-corrected chi connectivity index (χ0v) is 12.6. The van der Waals surface area contributed by atoms with Crippen LogP contribution in [0.1, 0.15) is 22.5 Å². The number of carboxylic acid groups (broad SMARTS) is 2. The molecular formula is C16H12FNO4S. The number of aromatic amines is 1. The lowest BCUT2D eigenvalue weighted by Crippen LogP contribution is -2.04. The quantitative estimate of drug-likeness (QED) is 0.663. The first-order valence-electron chi connectivity index (χ1n) is 6.81. The molecule has 0 aliphatic carbocycles. The van der Waals surface area contributed by atoms with Gasteiger partial charge in [-0.05, 0) is 29.5 Å². The van der Waals surface area contributed by atoms with Crippen LogP contribution in [-0.2, 0) is 11.2 Å². The summed E-state index contributed by atoms with van der Waals surface area (Å²) < 4.78 is 14.8. The lowest BCUT2D eigenvalue weighted by atomic mass is 10.0. The first-order chi connectivity index (χ1) is 11.0. The lowest BCUT2D eigenvalue weighted by molar-refractivity contribution is -0.136. The van der Waals surface area contributed by atoms with Gasteiger partial charge in [0.2, 0.25) is 0 Å². The molecule has 118 valence electrons. The van der Waals surface area contributed by atoms with E-state index < -0.39 is 17.8 Å². The van der Waals surface area contributed by atoms with Gasteiger partial charge in [-0.1, -0.05) is 12.1 Å². The Hall–Kier alpha value is -2.67. The zero-order chi connectivity index (χ0) is 16.6. The first-order valence-corrected chi connectivity index (χ1v) is 7.69. The van der Waals surface area contributed by atoms with E-state index in [9.17, 15) is 19.1 Å². The number of aryl methyl sites for hydroxylation is 1. The van der Waals surface area contributed by atoms with Gasteiger partial charge in [0.1, 0.15) is 5.69 Å². The molecule has 3 N–H and O–H groups in total. The summed E-state index contributed by atoms with van der Waals surface area (Å²) in [4.78, 5) is 25.5. The van der Waals surface area contributed by atoms with Gasteiger partial charge in [0.05, 0.1) is 5.52 Å². The number of nitrogens with one attached hydrogen (secondary N) is 1. The van der Waals surface area contributed by atoms with Crippen LogP contribution in [0.5, 0.6) is 0 Å². The molecule has 0 amide bonds. The molecule has 0 unspecified atom stereocenters. The number of carboxylic acids is 2. The molecule has 0 saturated heterocycles. The van der Waals surface area contributed by atoms with Crippen molar-refractivity contribution in [2.24, 2.45) is 0 Å². The molecule has 3 aromatic rings. The van der Waals surface area contributed by atoms with Gasteiger partial charge >= 0.3 is 11.9 Å². The van der Waals surface area contributed by atoms with E-state index >= 15 is 0 Å². The maximum Gasteiger partial charge on any atom is 0.352 e. The molecule has 0 fully saturated rings. The van der Waals surface area contributed by atoms with Crippen molar-refractivity contribution in [3.8, 4) is 10.4 Å². The molecule has 1 aromatic carbocycles. The maximum atomic E-state index is 14.8. The number of H-pyrrole nitrogens is 1. The Bertz CT molecular complexity index is 899. The van der Waals surface area contributed by atoms with Gasteiger partial charge in [0, 0.05) is 22.2 Å². The van der Waals surface area contributed by atoms with Crippen LogP contribution in [0, 0.1) is 5.82 Å². The Morgan fingerprint density at radius 2 is 2.00 bits per heavy atom. The lowest BCUT2D eigenvalue weighted by Gasteiger charge is -2.03. The Balaban J connectivity index is 2.19. The summed E-state index contributed by atoms with van der Waals surface area (Å²) in [6.07, 6.45) is -0.198. The van der Waals surface area contributed by atoms with E-state index in [2.05, 4.69) is 4.98 Å². The summed E-state index contributed by atoms with van der Waals surface area (Å²) in [5, 5.41) is 20.3. The summed E-state index contributed by atoms with van der Waals surface area (Å²) in [5.41, 5.74) is 0.624. The molecule has 0 spiro atoms. The number of aromatic carboxylic acids is 1. The predicted molar refractivity (Wildman–Crippen MR) is 84.5 cm³/mol. The Kier molecular flexibility index (Phi) is 3.87. The minimum Gasteiger partial charge on any atom is -0.481 e. The normalized spacial score (nSPS) is 11.0. The van der Waals surface area contributed by atoms with Crippen LogP contribution in [0.4, 0.5) is 4.39 Å². The van der Waals surface area contributed by atoms with Crippen LogP contribution in [-0.4, -0.2) is 27.1 Å². The Labute approximate surface area is 134 Å². The van der Waals surface area contributed by atoms with E-state index in [0.717, 1.165) is 4.88 Å². The van der Waals surface area contributed by atoms with Gasteiger partial charge in [-0.3, -0.25) is 4.79 Å². The van der Waals surface area contributed by atoms with Gasteiger partial charge in [-0.2, -0.15) is 0 Å². The molecule has 0 bridgehead atoms. The SMILES string of the molecule is O=C(O)CCc1c(C(=O)O)[nH]c2c(F)c(-c3cccs3)ccc12. The number of aliphatic carboxylic acids is 1. The number of thiophene rings is 1. The molecule has 0 atom stereocenters. The average Bonchev–Trinajstić information content (AvgIpc) is 3.13. The standard InChI is InChI=1S/C16H12FNO4S/c17-13-10(11-2-1-7-23-11)4-3-8-9(5-6-12(19)20)15(16(21)22)18-14(8)13/h1-4,7,18H,5-6H2,(H,19,20)(H,21,22). The van der Waals surface area contributed by atoms with Crippen LogP contribution >= 0.6 is 11.3 Å². The molecular weight excluding hydrogens is 321 g/mol. The summed E-state index contributed by atoms with van der Waals surface area (Å²) in [7, 11) is 0. The molecule has 0 aliphatic heterocycles. The minimum atomic E-state index is -1.24. The Morgan fingerprint density at radius 1 is 1.22 bits per heavy atom. The Morgan fingerprint density at radius 3 is 2.61 bits per heavy atom. The van der Waals surface area contributed by atoms with E-state index in [4.69, 9.17) is 5.11 Å². The van der Waals surface area contributed by atoms with Gasteiger partial charge < -0.3 is 15.2 Å². The number of aromatic nitrogens is 1. The summed E-state index contributed by atoms with van der Waals surface area (Å²) in [6.45, 7) is 0. The molecule has 2 heterocycles. The summed E-state index contributed by atoms with van der Waals surface area (Å²) >= 11 is 1.38. The molecule has 0 radical (unpaired) electrons. The van der Waals surface area contributed by atoms with Crippen molar-refractivity contribution >= 4 is 34.2 Å². The predicted octanol–water partition coefficient (Wildman–Crippen LogP) is 3.75.